The van der Waals surface area contributed by atoms with Crippen LogP contribution in [0, 0.1) is 0 Å². The summed E-state index contributed by atoms with van der Waals surface area (Å²) in [7, 11) is 0. The molecule has 78 heavy (non-hydrogen) atoms. The Balaban J connectivity index is 0.000000387. The third-order valence-corrected chi connectivity index (χ3v) is 12.2. The van der Waals surface area contributed by atoms with Crippen molar-refractivity contribution in [3.63, 3.8) is 0 Å². The van der Waals surface area contributed by atoms with Crippen LogP contribution in [0.25, 0.3) is 0 Å². The van der Waals surface area contributed by atoms with Gasteiger partial charge in [-0.25, -0.2) is 4.98 Å². The molecule has 1 fully saturated rings. The van der Waals surface area contributed by atoms with Crippen molar-refractivity contribution >= 4 is 33.8 Å². The summed E-state index contributed by atoms with van der Waals surface area (Å²) in [4.78, 5) is 16.4. The second-order valence-electron chi connectivity index (χ2n) is 17.6. The van der Waals surface area contributed by atoms with Crippen LogP contribution < -0.4 is 31.2 Å². The molecule has 5 aromatic carbocycles. The van der Waals surface area contributed by atoms with Crippen LogP contribution in [0.3, 0.4) is 0 Å². The summed E-state index contributed by atoms with van der Waals surface area (Å²) in [5, 5.41) is 0. The SMILES string of the molecule is FC(F)(F)c1cc([B-](c2cc(C(F)(F)F)cc(C(F)(F)F)c2)(c2cc(C(F)(F)F)cc(C(F)(F)F)c2)c2cc(C(F)(F)F)cc(C(F)(F)F)c2)cc(C(F)(F)F)c1.O=C(C[n+]1ccncc1OC1CCCC1)c1ccccc1. The van der Waals surface area contributed by atoms with Crippen LogP contribution in [0.5, 0.6) is 5.88 Å². The molecule has 1 aliphatic carbocycles. The van der Waals surface area contributed by atoms with Crippen molar-refractivity contribution < 1.29 is 119 Å². The van der Waals surface area contributed by atoms with Crippen LogP contribution in [-0.4, -0.2) is 23.0 Å². The number of alkyl halides is 24. The van der Waals surface area contributed by atoms with Gasteiger partial charge in [0.25, 0.3) is 0 Å². The number of hydrogen-bond acceptors (Lipinski definition) is 3. The van der Waals surface area contributed by atoms with Gasteiger partial charge in [0.2, 0.25) is 12.3 Å². The summed E-state index contributed by atoms with van der Waals surface area (Å²) >= 11 is 0. The lowest BCUT2D eigenvalue weighted by Gasteiger charge is -2.46. The topological polar surface area (TPSA) is 43.1 Å². The fourth-order valence-electron chi connectivity index (χ4n) is 8.72. The van der Waals surface area contributed by atoms with E-state index in [4.69, 9.17) is 4.74 Å². The lowest BCUT2D eigenvalue weighted by Crippen LogP contribution is -2.75. The Kier molecular flexibility index (Phi) is 16.5. The Bertz CT molecular complexity index is 2670. The molecular formula is C49H31BF24N2O2. The van der Waals surface area contributed by atoms with Crippen molar-refractivity contribution in [2.24, 2.45) is 0 Å². The third-order valence-electron chi connectivity index (χ3n) is 12.2. The minimum absolute atomic E-state index is 0.0723. The fraction of sp³-hybridized carbons (Fsp3) is 0.286. The molecule has 0 spiro atoms. The number of halogens is 24. The molecule has 1 aromatic heterocycles. The summed E-state index contributed by atoms with van der Waals surface area (Å²) in [6.07, 6.45) is -44.8. The first kappa shape index (κ1) is 60.3. The highest BCUT2D eigenvalue weighted by molar-refractivity contribution is 7.20. The van der Waals surface area contributed by atoms with E-state index in [1.165, 1.54) is 12.8 Å². The van der Waals surface area contributed by atoms with Gasteiger partial charge in [-0.1, -0.05) is 78.9 Å². The molecule has 4 nitrogen and oxygen atoms in total. The van der Waals surface area contributed by atoms with Crippen molar-refractivity contribution in [3.8, 4) is 5.88 Å². The molecule has 1 saturated carbocycles. The van der Waals surface area contributed by atoms with Gasteiger partial charge in [-0.3, -0.25) is 4.79 Å². The first-order chi connectivity index (χ1) is 35.6. The van der Waals surface area contributed by atoms with E-state index < -0.39 is 195 Å². The van der Waals surface area contributed by atoms with E-state index in [1.807, 2.05) is 34.9 Å². The molecule has 0 atom stereocenters. The van der Waals surface area contributed by atoms with Gasteiger partial charge >= 0.3 is 55.3 Å². The van der Waals surface area contributed by atoms with Gasteiger partial charge in [-0.2, -0.15) is 132 Å². The smallest absolute Gasteiger partial charge is 0.416 e. The van der Waals surface area contributed by atoms with Crippen molar-refractivity contribution in [1.82, 2.24) is 4.98 Å². The highest BCUT2D eigenvalue weighted by Gasteiger charge is 2.47. The van der Waals surface area contributed by atoms with Crippen molar-refractivity contribution in [2.75, 3.05) is 0 Å². The number of hydrogen-bond donors (Lipinski definition) is 0. The molecule has 0 unspecified atom stereocenters. The zero-order valence-electron chi connectivity index (χ0n) is 38.5. The molecule has 0 saturated heterocycles. The van der Waals surface area contributed by atoms with Crippen LogP contribution in [0.15, 0.2) is 122 Å². The predicted molar refractivity (Wildman–Crippen MR) is 228 cm³/mol. The highest BCUT2D eigenvalue weighted by atomic mass is 19.4. The number of carbonyl (C=O) groups is 1. The van der Waals surface area contributed by atoms with Gasteiger partial charge in [-0.05, 0) is 49.9 Å². The molecule has 6 aromatic rings. The Morgan fingerprint density at radius 1 is 0.449 bits per heavy atom. The minimum atomic E-state index is -6.13. The largest absolute Gasteiger partial charge is 0.440 e. The Hall–Kier alpha value is -6.97. The highest BCUT2D eigenvalue weighted by Crippen LogP contribution is 2.41. The standard InChI is InChI=1S/C32H12BF24.C17H19N2O2/c34-25(35,36)13-1-14(26(37,38)39)6-21(5-13)33(22-7-15(27(40,41)42)2-16(8-22)28(43,44)45,23-9-17(29(46,47)48)3-18(10-23)30(49,50)51)24-11-19(31(52,53)54)4-20(12-24)32(55,56)57;20-16(14-6-2-1-3-7-14)13-19-11-10-18-12-17(19)21-15-8-4-5-9-15/h1-12H;1-3,6-7,10-12,15H,4-5,8-9,13H2/q-1;+1. The van der Waals surface area contributed by atoms with Gasteiger partial charge in [0.1, 0.15) is 18.4 Å². The van der Waals surface area contributed by atoms with Gasteiger partial charge in [0, 0.05) is 5.56 Å². The van der Waals surface area contributed by atoms with Gasteiger partial charge in [0.05, 0.1) is 50.7 Å². The molecule has 7 rings (SSSR count). The van der Waals surface area contributed by atoms with Crippen LogP contribution in [0.1, 0.15) is 80.5 Å². The maximum atomic E-state index is 14.2. The molecule has 0 bridgehead atoms. The van der Waals surface area contributed by atoms with Crippen LogP contribution in [-0.2, 0) is 56.0 Å². The number of Topliss-reactive ketones (excluding diaryl/α,β-unsaturated/α-hetero) is 1. The average Bonchev–Trinajstić information content (AvgIpc) is 3.87. The zero-order valence-corrected chi connectivity index (χ0v) is 38.5. The van der Waals surface area contributed by atoms with Crippen LogP contribution >= 0.6 is 0 Å². The van der Waals surface area contributed by atoms with E-state index in [0.717, 1.165) is 12.8 Å². The van der Waals surface area contributed by atoms with Gasteiger partial charge in [-0.15, -0.1) is 0 Å². The molecule has 420 valence electrons. The summed E-state index contributed by atoms with van der Waals surface area (Å²) in [5.74, 6) is 0.747. The third kappa shape index (κ3) is 14.0. The van der Waals surface area contributed by atoms with Gasteiger partial charge < -0.3 is 4.74 Å². The van der Waals surface area contributed by atoms with Crippen LogP contribution in [0.2, 0.25) is 0 Å². The van der Waals surface area contributed by atoms with Crippen molar-refractivity contribution in [3.05, 3.63) is 172 Å². The molecule has 29 heteroatoms. The predicted octanol–water partition coefficient (Wildman–Crippen LogP) is 13.8. The summed E-state index contributed by atoms with van der Waals surface area (Å²) < 4.78 is 349. The van der Waals surface area contributed by atoms with Crippen LogP contribution in [0.4, 0.5) is 105 Å². The summed E-state index contributed by atoms with van der Waals surface area (Å²) in [6.45, 7) is 0.272. The quantitative estimate of drug-likeness (QED) is 0.0627. The van der Waals surface area contributed by atoms with Gasteiger partial charge in [0.15, 0.2) is 6.20 Å². The lowest BCUT2D eigenvalue weighted by molar-refractivity contribution is -0.689. The Labute approximate surface area is 423 Å². The van der Waals surface area contributed by atoms with E-state index in [0.29, 0.717) is 11.4 Å². The van der Waals surface area contributed by atoms with E-state index in [9.17, 15) is 110 Å². The molecule has 1 aliphatic rings. The molecule has 0 N–H and O–H groups in total. The average molecular weight is 1150 g/mol. The summed E-state index contributed by atoms with van der Waals surface area (Å²) in [6, 6.07) is 0.518. The maximum Gasteiger partial charge on any atom is 0.416 e. The zero-order chi connectivity index (χ0) is 58.4. The number of nitrogens with zero attached hydrogens (tertiary/aromatic N) is 2. The molecule has 0 aliphatic heterocycles. The first-order valence-electron chi connectivity index (χ1n) is 22.0. The molecule has 0 radical (unpaired) electrons. The molecular weight excluding hydrogens is 1120 g/mol. The maximum absolute atomic E-state index is 14.2. The number of ether oxygens (including phenoxy) is 1. The first-order valence-corrected chi connectivity index (χ1v) is 22.0. The number of aromatic nitrogens is 2. The Morgan fingerprint density at radius 3 is 1.00 bits per heavy atom. The number of benzene rings is 5. The lowest BCUT2D eigenvalue weighted by atomic mass is 9.12. The second-order valence-corrected chi connectivity index (χ2v) is 17.6. The van der Waals surface area contributed by atoms with E-state index in [-0.39, 0.29) is 18.4 Å². The molecule has 1 heterocycles. The minimum Gasteiger partial charge on any atom is -0.440 e. The fourth-order valence-corrected chi connectivity index (χ4v) is 8.72. The van der Waals surface area contributed by atoms with E-state index in [1.54, 1.807) is 18.6 Å². The summed E-state index contributed by atoms with van der Waals surface area (Å²) in [5.41, 5.74) is -29.5. The monoisotopic (exact) mass is 1150 g/mol. The number of ketones is 1. The van der Waals surface area contributed by atoms with Crippen molar-refractivity contribution in [2.45, 2.75) is 87.7 Å². The number of rotatable bonds is 9. The molecule has 0 amide bonds. The second kappa shape index (κ2) is 21.3. The van der Waals surface area contributed by atoms with E-state index in [2.05, 4.69) is 4.98 Å². The number of carbonyl (C=O) groups excluding carboxylic acids is 1. The normalized spacial score (nSPS) is 14.5. The van der Waals surface area contributed by atoms with E-state index >= 15 is 0 Å². The van der Waals surface area contributed by atoms with Crippen molar-refractivity contribution in [1.29, 1.82) is 0 Å². The Morgan fingerprint density at radius 2 is 0.731 bits per heavy atom.